The van der Waals surface area contributed by atoms with Crippen molar-refractivity contribution in [1.82, 2.24) is 4.90 Å². The lowest BCUT2D eigenvalue weighted by Gasteiger charge is -2.34. The molecule has 1 nitrogen and oxygen atoms in total. The minimum atomic E-state index is 0.751. The quantitative estimate of drug-likeness (QED) is 0.637. The molecule has 0 aromatic heterocycles. The Balaban J connectivity index is 2.52. The normalized spacial score (nSPS) is 19.3. The van der Waals surface area contributed by atoms with Crippen LogP contribution in [-0.2, 0) is 0 Å². The van der Waals surface area contributed by atoms with Gasteiger partial charge in [0, 0.05) is 12.6 Å². The fourth-order valence-corrected chi connectivity index (χ4v) is 3.43. The van der Waals surface area contributed by atoms with E-state index in [-0.39, 0.29) is 0 Å². The summed E-state index contributed by atoms with van der Waals surface area (Å²) in [6, 6.07) is 0.866. The highest BCUT2D eigenvalue weighted by Gasteiger charge is 2.25. The number of hydrogen-bond donors (Lipinski definition) is 1. The van der Waals surface area contributed by atoms with Gasteiger partial charge in [-0.1, -0.05) is 40.5 Å². The topological polar surface area (TPSA) is 3.24 Å². The molecule has 0 amide bonds. The average Bonchev–Trinajstić information content (AvgIpc) is 2.82. The molecular weight excluding hydrogens is 238 g/mol. The molecule has 0 aliphatic heterocycles. The summed E-state index contributed by atoms with van der Waals surface area (Å²) in [6.45, 7) is 11.9. The van der Waals surface area contributed by atoms with Crippen molar-refractivity contribution in [2.24, 2.45) is 17.8 Å². The van der Waals surface area contributed by atoms with Crippen molar-refractivity contribution < 1.29 is 0 Å². The van der Waals surface area contributed by atoms with Crippen LogP contribution in [0.15, 0.2) is 0 Å². The van der Waals surface area contributed by atoms with E-state index in [0.29, 0.717) is 0 Å². The molecule has 1 saturated carbocycles. The lowest BCUT2D eigenvalue weighted by molar-refractivity contribution is 0.150. The van der Waals surface area contributed by atoms with Crippen LogP contribution in [0.2, 0.25) is 0 Å². The molecule has 2 heteroatoms. The molecule has 1 fully saturated rings. The summed E-state index contributed by atoms with van der Waals surface area (Å²) in [5.74, 6) is 3.36. The van der Waals surface area contributed by atoms with Crippen LogP contribution in [0.5, 0.6) is 0 Å². The van der Waals surface area contributed by atoms with Crippen LogP contribution in [0, 0.1) is 17.8 Å². The van der Waals surface area contributed by atoms with Gasteiger partial charge in [-0.15, -0.1) is 0 Å². The monoisotopic (exact) mass is 271 g/mol. The van der Waals surface area contributed by atoms with Crippen LogP contribution in [0.4, 0.5) is 0 Å². The molecule has 1 atom stereocenters. The molecule has 18 heavy (non-hydrogen) atoms. The van der Waals surface area contributed by atoms with Crippen LogP contribution < -0.4 is 0 Å². The van der Waals surface area contributed by atoms with Gasteiger partial charge in [-0.05, 0) is 49.3 Å². The number of hydrogen-bond acceptors (Lipinski definition) is 2. The van der Waals surface area contributed by atoms with Crippen molar-refractivity contribution in [2.45, 2.75) is 65.8 Å². The largest absolute Gasteiger partial charge is 0.300 e. The summed E-state index contributed by atoms with van der Waals surface area (Å²) in [5, 5.41) is 0. The predicted molar refractivity (Wildman–Crippen MR) is 85.5 cm³/mol. The summed E-state index contributed by atoms with van der Waals surface area (Å²) in [6.07, 6.45) is 7.07. The molecule has 0 spiro atoms. The van der Waals surface area contributed by atoms with Crippen molar-refractivity contribution in [1.29, 1.82) is 0 Å². The maximum Gasteiger partial charge on any atom is 0.00953 e. The number of nitrogens with zero attached hydrogens (tertiary/aromatic N) is 1. The van der Waals surface area contributed by atoms with Gasteiger partial charge in [0.15, 0.2) is 0 Å². The van der Waals surface area contributed by atoms with Crippen molar-refractivity contribution in [3.05, 3.63) is 0 Å². The van der Waals surface area contributed by atoms with Crippen LogP contribution in [0.1, 0.15) is 59.8 Å². The fourth-order valence-electron chi connectivity index (χ4n) is 2.90. The lowest BCUT2D eigenvalue weighted by Crippen LogP contribution is -2.40. The Bertz CT molecular complexity index is 209. The third-order valence-electron chi connectivity index (χ3n) is 4.48. The second kappa shape index (κ2) is 8.47. The Hall–Kier alpha value is 0.310. The smallest absolute Gasteiger partial charge is 0.00953 e. The molecule has 0 radical (unpaired) electrons. The Morgan fingerprint density at radius 1 is 1.11 bits per heavy atom. The first-order chi connectivity index (χ1) is 8.54. The van der Waals surface area contributed by atoms with E-state index in [1.807, 2.05) is 0 Å². The standard InChI is InChI=1S/C16H33NS/c1-13(2)9-10-17(16-7-5-6-8-16)11-15(12-18)14(3)4/h13-16,18H,5-12H2,1-4H3. The predicted octanol–water partition coefficient (Wildman–Crippen LogP) is 4.48. The zero-order chi connectivity index (χ0) is 13.5. The van der Waals surface area contributed by atoms with E-state index in [4.69, 9.17) is 0 Å². The van der Waals surface area contributed by atoms with E-state index >= 15 is 0 Å². The first kappa shape index (κ1) is 16.4. The van der Waals surface area contributed by atoms with Gasteiger partial charge in [0.2, 0.25) is 0 Å². The second-order valence-corrected chi connectivity index (χ2v) is 7.17. The van der Waals surface area contributed by atoms with Gasteiger partial charge in [-0.25, -0.2) is 0 Å². The molecule has 0 aromatic carbocycles. The van der Waals surface area contributed by atoms with Crippen LogP contribution >= 0.6 is 12.6 Å². The minimum absolute atomic E-state index is 0.751. The van der Waals surface area contributed by atoms with Gasteiger partial charge < -0.3 is 4.90 Å². The van der Waals surface area contributed by atoms with E-state index < -0.39 is 0 Å². The fraction of sp³-hybridized carbons (Fsp3) is 1.00. The highest BCUT2D eigenvalue weighted by molar-refractivity contribution is 7.80. The maximum atomic E-state index is 4.55. The number of rotatable bonds is 8. The van der Waals surface area contributed by atoms with Crippen LogP contribution in [0.25, 0.3) is 0 Å². The zero-order valence-corrected chi connectivity index (χ0v) is 13.8. The van der Waals surface area contributed by atoms with E-state index in [0.717, 1.165) is 29.5 Å². The third kappa shape index (κ3) is 5.52. The zero-order valence-electron chi connectivity index (χ0n) is 12.9. The summed E-state index contributed by atoms with van der Waals surface area (Å²) in [5.41, 5.74) is 0. The van der Waals surface area contributed by atoms with Crippen LogP contribution in [-0.4, -0.2) is 29.8 Å². The highest BCUT2D eigenvalue weighted by Crippen LogP contribution is 2.26. The first-order valence-electron chi connectivity index (χ1n) is 7.89. The van der Waals surface area contributed by atoms with E-state index in [1.165, 1.54) is 45.2 Å². The first-order valence-corrected chi connectivity index (χ1v) is 8.52. The van der Waals surface area contributed by atoms with Crippen molar-refractivity contribution in [3.63, 3.8) is 0 Å². The van der Waals surface area contributed by atoms with Crippen molar-refractivity contribution in [3.8, 4) is 0 Å². The summed E-state index contributed by atoms with van der Waals surface area (Å²) in [7, 11) is 0. The van der Waals surface area contributed by atoms with E-state index in [9.17, 15) is 0 Å². The van der Waals surface area contributed by atoms with Gasteiger partial charge in [0.1, 0.15) is 0 Å². The molecule has 0 aromatic rings. The Kier molecular flexibility index (Phi) is 7.70. The average molecular weight is 272 g/mol. The van der Waals surface area contributed by atoms with E-state index in [2.05, 4.69) is 45.2 Å². The van der Waals surface area contributed by atoms with Crippen molar-refractivity contribution >= 4 is 12.6 Å². The van der Waals surface area contributed by atoms with Gasteiger partial charge in [0.05, 0.1) is 0 Å². The number of thiol groups is 1. The van der Waals surface area contributed by atoms with Crippen LogP contribution in [0.3, 0.4) is 0 Å². The molecule has 108 valence electrons. The lowest BCUT2D eigenvalue weighted by atomic mass is 9.96. The second-order valence-electron chi connectivity index (χ2n) is 6.80. The molecule has 1 aliphatic carbocycles. The van der Waals surface area contributed by atoms with E-state index in [1.54, 1.807) is 0 Å². The summed E-state index contributed by atoms with van der Waals surface area (Å²) in [4.78, 5) is 2.79. The summed E-state index contributed by atoms with van der Waals surface area (Å²) >= 11 is 4.55. The molecule has 0 saturated heterocycles. The van der Waals surface area contributed by atoms with Gasteiger partial charge in [0.25, 0.3) is 0 Å². The molecular formula is C16H33NS. The third-order valence-corrected chi connectivity index (χ3v) is 4.95. The molecule has 1 unspecified atom stereocenters. The maximum absolute atomic E-state index is 4.55. The van der Waals surface area contributed by atoms with Gasteiger partial charge >= 0.3 is 0 Å². The van der Waals surface area contributed by atoms with Crippen molar-refractivity contribution in [2.75, 3.05) is 18.8 Å². The molecule has 0 bridgehead atoms. The van der Waals surface area contributed by atoms with Gasteiger partial charge in [-0.2, -0.15) is 12.6 Å². The Morgan fingerprint density at radius 2 is 1.72 bits per heavy atom. The molecule has 1 rings (SSSR count). The minimum Gasteiger partial charge on any atom is -0.300 e. The van der Waals surface area contributed by atoms with Gasteiger partial charge in [-0.3, -0.25) is 0 Å². The summed E-state index contributed by atoms with van der Waals surface area (Å²) < 4.78 is 0. The Labute approximate surface area is 120 Å². The SMILES string of the molecule is CC(C)CCN(CC(CS)C(C)C)C1CCCC1. The Morgan fingerprint density at radius 3 is 2.17 bits per heavy atom. The molecule has 0 N–H and O–H groups in total. The molecule has 1 aliphatic rings. The molecule has 0 heterocycles. The highest BCUT2D eigenvalue weighted by atomic mass is 32.1.